The molecule has 1 aliphatic rings. The van der Waals surface area contributed by atoms with Crippen LogP contribution in [0.1, 0.15) is 35.7 Å². The summed E-state index contributed by atoms with van der Waals surface area (Å²) in [6, 6.07) is 12.2. The molecule has 180 valence electrons. The highest BCUT2D eigenvalue weighted by Crippen LogP contribution is 2.25. The van der Waals surface area contributed by atoms with Gasteiger partial charge in [-0.2, -0.15) is 0 Å². The zero-order valence-electron chi connectivity index (χ0n) is 18.9. The fourth-order valence-corrected chi connectivity index (χ4v) is 6.00. The zero-order chi connectivity index (χ0) is 24.1. The number of hydrogen-bond acceptors (Lipinski definition) is 7. The lowest BCUT2D eigenvalue weighted by molar-refractivity contribution is -0.159. The number of carbonyl (C=O) groups excluding carboxylic acids is 1. The highest BCUT2D eigenvalue weighted by atomic mass is 32.2. The van der Waals surface area contributed by atoms with E-state index in [-0.39, 0.29) is 12.5 Å². The van der Waals surface area contributed by atoms with Crippen molar-refractivity contribution in [2.45, 2.75) is 38.5 Å². The summed E-state index contributed by atoms with van der Waals surface area (Å²) in [5.41, 5.74) is 3.36. The third-order valence-corrected chi connectivity index (χ3v) is 7.95. The van der Waals surface area contributed by atoms with E-state index in [9.17, 15) is 18.4 Å². The van der Waals surface area contributed by atoms with Gasteiger partial charge in [-0.05, 0) is 49.1 Å². The van der Waals surface area contributed by atoms with Crippen molar-refractivity contribution in [2.75, 3.05) is 18.8 Å². The molecule has 1 N–H and O–H groups in total. The zero-order valence-corrected chi connectivity index (χ0v) is 19.8. The van der Waals surface area contributed by atoms with E-state index in [1.54, 1.807) is 18.3 Å². The third-order valence-electron chi connectivity index (χ3n) is 6.06. The second-order valence-electron chi connectivity index (χ2n) is 8.42. The Hall–Kier alpha value is -2.92. The second-order valence-corrected chi connectivity index (χ2v) is 10.4. The van der Waals surface area contributed by atoms with Crippen LogP contribution in [0.2, 0.25) is 0 Å². The summed E-state index contributed by atoms with van der Waals surface area (Å²) >= 11 is 0. The van der Waals surface area contributed by atoms with Gasteiger partial charge < -0.3 is 4.74 Å². The number of aryl methyl sites for hydroxylation is 1. The lowest BCUT2D eigenvalue weighted by Gasteiger charge is -2.33. The van der Waals surface area contributed by atoms with Gasteiger partial charge in [0.1, 0.15) is 6.04 Å². The molecule has 0 saturated carbocycles. The Bertz CT molecular complexity index is 1230. The molecule has 2 aromatic heterocycles. The molecule has 0 spiro atoms. The maximum atomic E-state index is 13.1. The Balaban J connectivity index is 1.37. The number of amides is 1. The van der Waals surface area contributed by atoms with Crippen molar-refractivity contribution < 1.29 is 23.2 Å². The molecule has 1 saturated heterocycles. The molecular weight excluding hydrogens is 456 g/mol. The molecule has 1 atom stereocenters. The third kappa shape index (κ3) is 5.58. The molecule has 34 heavy (non-hydrogen) atoms. The number of fused-ring (bicyclic) bond motifs is 1. The lowest BCUT2D eigenvalue weighted by Crippen LogP contribution is -2.44. The standard InChI is InChI=1S/C24H28N4O5S/c1-18-13-20(22-6-2-3-7-23(22)26-18)15-33-21-8-11-27(12-9-21)34(31,32)16-24(28(30)17-29)19-5-4-10-25-14-19/h2-7,10,13-14,17,21,24,30H,8-9,11-12,15-16H2,1H3/t24-/m0/s1. The first-order valence-electron chi connectivity index (χ1n) is 11.1. The summed E-state index contributed by atoms with van der Waals surface area (Å²) < 4.78 is 33.7. The Morgan fingerprint density at radius 2 is 2.00 bits per heavy atom. The van der Waals surface area contributed by atoms with Crippen LogP contribution in [-0.2, 0) is 26.2 Å². The van der Waals surface area contributed by atoms with Crippen molar-refractivity contribution in [1.29, 1.82) is 0 Å². The molecule has 1 fully saturated rings. The van der Waals surface area contributed by atoms with Gasteiger partial charge in [-0.1, -0.05) is 24.3 Å². The fraction of sp³-hybridized carbons (Fsp3) is 0.375. The first kappa shape index (κ1) is 24.2. The smallest absolute Gasteiger partial charge is 0.233 e. The largest absolute Gasteiger partial charge is 0.373 e. The predicted octanol–water partition coefficient (Wildman–Crippen LogP) is 2.84. The molecule has 1 aromatic carbocycles. The van der Waals surface area contributed by atoms with Gasteiger partial charge >= 0.3 is 0 Å². The van der Waals surface area contributed by atoms with Gasteiger partial charge in [0.05, 0.1) is 24.0 Å². The molecule has 9 nitrogen and oxygen atoms in total. The van der Waals surface area contributed by atoms with Crippen molar-refractivity contribution in [2.24, 2.45) is 0 Å². The highest BCUT2D eigenvalue weighted by Gasteiger charge is 2.33. The van der Waals surface area contributed by atoms with E-state index in [4.69, 9.17) is 4.74 Å². The molecule has 4 rings (SSSR count). The minimum atomic E-state index is -3.73. The highest BCUT2D eigenvalue weighted by molar-refractivity contribution is 7.89. The number of aromatic nitrogens is 2. The van der Waals surface area contributed by atoms with Gasteiger partial charge in [0.25, 0.3) is 0 Å². The van der Waals surface area contributed by atoms with Crippen LogP contribution < -0.4 is 0 Å². The number of benzene rings is 1. The molecule has 0 bridgehead atoms. The maximum Gasteiger partial charge on any atom is 0.233 e. The second kappa shape index (κ2) is 10.6. The van der Waals surface area contributed by atoms with Crippen molar-refractivity contribution >= 4 is 27.3 Å². The summed E-state index contributed by atoms with van der Waals surface area (Å²) in [5.74, 6) is -0.429. The molecule has 0 unspecified atom stereocenters. The van der Waals surface area contributed by atoms with Crippen molar-refractivity contribution in [3.05, 3.63) is 71.7 Å². The van der Waals surface area contributed by atoms with E-state index >= 15 is 0 Å². The molecule has 0 aliphatic carbocycles. The summed E-state index contributed by atoms with van der Waals surface area (Å²) in [6.07, 6.45) is 4.26. The van der Waals surface area contributed by atoms with E-state index in [1.807, 2.05) is 37.3 Å². The Kier molecular flexibility index (Phi) is 7.52. The van der Waals surface area contributed by atoms with Crippen LogP contribution in [0.5, 0.6) is 0 Å². The minimum Gasteiger partial charge on any atom is -0.373 e. The van der Waals surface area contributed by atoms with Gasteiger partial charge in [-0.15, -0.1) is 0 Å². The van der Waals surface area contributed by atoms with Gasteiger partial charge in [-0.25, -0.2) is 17.8 Å². The van der Waals surface area contributed by atoms with E-state index < -0.39 is 21.8 Å². The molecule has 3 heterocycles. The summed E-state index contributed by atoms with van der Waals surface area (Å²) in [7, 11) is -3.73. The van der Waals surface area contributed by atoms with Crippen LogP contribution in [-0.4, -0.2) is 64.3 Å². The van der Waals surface area contributed by atoms with Crippen LogP contribution >= 0.6 is 0 Å². The molecule has 0 radical (unpaired) electrons. The van der Waals surface area contributed by atoms with Gasteiger partial charge in [-0.3, -0.25) is 20.0 Å². The van der Waals surface area contributed by atoms with Gasteiger partial charge in [0.15, 0.2) is 0 Å². The number of pyridine rings is 2. The van der Waals surface area contributed by atoms with E-state index in [0.717, 1.165) is 22.2 Å². The van der Waals surface area contributed by atoms with Crippen LogP contribution in [0.25, 0.3) is 10.9 Å². The van der Waals surface area contributed by atoms with Crippen LogP contribution in [0.15, 0.2) is 54.9 Å². The SMILES string of the molecule is Cc1cc(COC2CCN(S(=O)(=O)C[C@@H](c3cccnc3)N(O)C=O)CC2)c2ccccc2n1. The van der Waals surface area contributed by atoms with Crippen LogP contribution in [0, 0.1) is 6.92 Å². The molecule has 10 heteroatoms. The first-order valence-corrected chi connectivity index (χ1v) is 12.8. The number of piperidine rings is 1. The van der Waals surface area contributed by atoms with Gasteiger partial charge in [0.2, 0.25) is 16.4 Å². The average Bonchev–Trinajstić information content (AvgIpc) is 2.86. The normalized spacial score (nSPS) is 16.4. The lowest BCUT2D eigenvalue weighted by atomic mass is 10.1. The number of para-hydroxylation sites is 1. The Morgan fingerprint density at radius 3 is 2.71 bits per heavy atom. The van der Waals surface area contributed by atoms with E-state index in [2.05, 4.69) is 9.97 Å². The Labute approximate surface area is 199 Å². The average molecular weight is 485 g/mol. The molecule has 1 amide bonds. The van der Waals surface area contributed by atoms with Crippen molar-refractivity contribution in [3.8, 4) is 0 Å². The van der Waals surface area contributed by atoms with Crippen molar-refractivity contribution in [3.63, 3.8) is 0 Å². The van der Waals surface area contributed by atoms with Crippen LogP contribution in [0.3, 0.4) is 0 Å². The molecule has 1 aliphatic heterocycles. The number of sulfonamides is 1. The van der Waals surface area contributed by atoms with E-state index in [0.29, 0.717) is 43.2 Å². The van der Waals surface area contributed by atoms with Gasteiger partial charge in [0, 0.05) is 36.6 Å². The summed E-state index contributed by atoms with van der Waals surface area (Å²) in [6.45, 7) is 3.02. The summed E-state index contributed by atoms with van der Waals surface area (Å²) in [4.78, 5) is 19.7. The predicted molar refractivity (Wildman–Crippen MR) is 126 cm³/mol. The number of hydrogen-bond donors (Lipinski definition) is 1. The maximum absolute atomic E-state index is 13.1. The number of rotatable bonds is 9. The topological polar surface area (TPSA) is 113 Å². The number of nitrogens with zero attached hydrogens (tertiary/aromatic N) is 4. The molecule has 3 aromatic rings. The number of ether oxygens (including phenoxy) is 1. The quantitative estimate of drug-likeness (QED) is 0.282. The molecular formula is C24H28N4O5S. The van der Waals surface area contributed by atoms with Crippen molar-refractivity contribution in [1.82, 2.24) is 19.3 Å². The number of carbonyl (C=O) groups is 1. The first-order chi connectivity index (χ1) is 16.4. The minimum absolute atomic E-state index is 0.0582. The number of hydroxylamine groups is 2. The Morgan fingerprint density at radius 1 is 1.24 bits per heavy atom. The fourth-order valence-electron chi connectivity index (χ4n) is 4.28. The van der Waals surface area contributed by atoms with E-state index in [1.165, 1.54) is 10.5 Å². The summed E-state index contributed by atoms with van der Waals surface area (Å²) in [5, 5.41) is 11.4. The monoisotopic (exact) mass is 484 g/mol. The van der Waals surface area contributed by atoms with Crippen LogP contribution in [0.4, 0.5) is 0 Å².